The first-order chi connectivity index (χ1) is 16.2. The summed E-state index contributed by atoms with van der Waals surface area (Å²) in [4.78, 5) is 13.2. The molecule has 0 aliphatic carbocycles. The highest BCUT2D eigenvalue weighted by Gasteiger charge is 2.35. The van der Waals surface area contributed by atoms with Gasteiger partial charge in [0.05, 0.1) is 18.3 Å². The van der Waals surface area contributed by atoms with Crippen molar-refractivity contribution in [2.24, 2.45) is 5.73 Å². The van der Waals surface area contributed by atoms with Crippen molar-refractivity contribution in [3.63, 3.8) is 0 Å². The Balaban J connectivity index is 1.67. The fraction of sp³-hybridized carbons (Fsp3) is 0.269. The van der Waals surface area contributed by atoms with E-state index >= 15 is 0 Å². The molecule has 0 spiro atoms. The Morgan fingerprint density at radius 3 is 2.33 bits per heavy atom. The van der Waals surface area contributed by atoms with Gasteiger partial charge in [0.1, 0.15) is 0 Å². The molecule has 6 rings (SSSR count). The number of aryl methyl sites for hydroxylation is 1. The van der Waals surface area contributed by atoms with Gasteiger partial charge in [-0.05, 0) is 18.6 Å². The third kappa shape index (κ3) is 3.20. The van der Waals surface area contributed by atoms with E-state index in [4.69, 9.17) is 10.5 Å². The van der Waals surface area contributed by atoms with Gasteiger partial charge in [0, 0.05) is 70.5 Å². The van der Waals surface area contributed by atoms with Crippen molar-refractivity contribution < 1.29 is 14.6 Å². The predicted octanol–water partition coefficient (Wildman–Crippen LogP) is 2.70. The molecular formula is C26H26N4O3. The second kappa shape index (κ2) is 7.88. The number of aromatic nitrogens is 2. The van der Waals surface area contributed by atoms with Crippen LogP contribution in [0.5, 0.6) is 0 Å². The van der Waals surface area contributed by atoms with Gasteiger partial charge in [0.25, 0.3) is 5.91 Å². The average molecular weight is 443 g/mol. The van der Waals surface area contributed by atoms with E-state index in [1.807, 2.05) is 48.8 Å². The molecule has 4 aromatic rings. The fourth-order valence-corrected chi connectivity index (χ4v) is 5.22. The summed E-state index contributed by atoms with van der Waals surface area (Å²) in [5.74, 6) is -0.257. The van der Waals surface area contributed by atoms with Crippen LogP contribution in [0.4, 0.5) is 0 Å². The molecule has 2 unspecified atom stereocenters. The first-order valence-corrected chi connectivity index (χ1v) is 11.4. The lowest BCUT2D eigenvalue weighted by Gasteiger charge is -2.17. The van der Waals surface area contributed by atoms with Crippen LogP contribution in [0.25, 0.3) is 33.0 Å². The number of carbonyl (C=O) groups excluding carboxylic acids is 1. The molecule has 7 heteroatoms. The van der Waals surface area contributed by atoms with E-state index in [-0.39, 0.29) is 12.0 Å². The Morgan fingerprint density at radius 1 is 0.970 bits per heavy atom. The van der Waals surface area contributed by atoms with Crippen LogP contribution in [-0.4, -0.2) is 45.6 Å². The minimum atomic E-state index is -1.07. The van der Waals surface area contributed by atoms with Crippen LogP contribution >= 0.6 is 0 Å². The van der Waals surface area contributed by atoms with Gasteiger partial charge in [-0.1, -0.05) is 36.4 Å². The molecule has 0 saturated carbocycles. The Hall–Kier alpha value is -3.39. The number of nitrogens with two attached hydrogens (primary N) is 1. The highest BCUT2D eigenvalue weighted by molar-refractivity contribution is 6.33. The number of amides is 1. The number of nitrogens with one attached hydrogen (secondary N) is 1. The molecule has 0 radical (unpaired) electrons. The van der Waals surface area contributed by atoms with Gasteiger partial charge in [-0.25, -0.2) is 0 Å². The number of aliphatic hydroxyl groups excluding tert-OH is 1. The third-order valence-corrected chi connectivity index (χ3v) is 6.81. The summed E-state index contributed by atoms with van der Waals surface area (Å²) in [6, 6.07) is 16.1. The minimum absolute atomic E-state index is 0.0507. The number of benzene rings is 2. The molecule has 0 saturated heterocycles. The van der Waals surface area contributed by atoms with Gasteiger partial charge in [-0.3, -0.25) is 4.79 Å². The van der Waals surface area contributed by atoms with E-state index in [2.05, 4.69) is 26.6 Å². The highest BCUT2D eigenvalue weighted by Crippen LogP contribution is 2.40. The van der Waals surface area contributed by atoms with Gasteiger partial charge in [0.15, 0.2) is 6.23 Å². The maximum absolute atomic E-state index is 13.2. The van der Waals surface area contributed by atoms with Crippen LogP contribution in [0.1, 0.15) is 17.5 Å². The van der Waals surface area contributed by atoms with Crippen molar-refractivity contribution in [3.8, 4) is 0 Å². The lowest BCUT2D eigenvalue weighted by molar-refractivity contribution is -0.116. The van der Waals surface area contributed by atoms with Crippen LogP contribution in [-0.2, 0) is 22.6 Å². The topological polar surface area (TPSA) is 94.4 Å². The summed E-state index contributed by atoms with van der Waals surface area (Å²) in [5.41, 5.74) is 10.9. The van der Waals surface area contributed by atoms with Gasteiger partial charge in [0.2, 0.25) is 0 Å². The second-order valence-electron chi connectivity index (χ2n) is 8.69. The number of hydrogen-bond acceptors (Lipinski definition) is 4. The zero-order valence-electron chi connectivity index (χ0n) is 18.2. The number of rotatable bonds is 1. The molecule has 0 fully saturated rings. The quantitative estimate of drug-likeness (QED) is 0.423. The Kier molecular flexibility index (Phi) is 4.83. The standard InChI is InChI=1S/C26H26N4O3/c27-13-16-9-10-29-14-19(17-5-1-3-7-21(17)29)23-24(26(32)28-25(23)31)20-15-30(11-12-33-16)22-8-4-2-6-18(20)22/h1-8,14-16,26,32H,9-13,27H2,(H,28,31). The Morgan fingerprint density at radius 2 is 1.61 bits per heavy atom. The largest absolute Gasteiger partial charge is 0.375 e. The van der Waals surface area contributed by atoms with E-state index < -0.39 is 6.23 Å². The molecule has 2 atom stereocenters. The summed E-state index contributed by atoms with van der Waals surface area (Å²) in [6.07, 6.45) is 3.70. The predicted molar refractivity (Wildman–Crippen MR) is 128 cm³/mol. The number of fused-ring (bicyclic) bond motifs is 12. The molecule has 1 amide bonds. The molecule has 2 aliphatic rings. The monoisotopic (exact) mass is 442 g/mol. The molecule has 2 aromatic carbocycles. The Bertz CT molecular complexity index is 1410. The van der Waals surface area contributed by atoms with E-state index in [1.165, 1.54) is 0 Å². The lowest BCUT2D eigenvalue weighted by Crippen LogP contribution is -2.27. The maximum atomic E-state index is 13.2. The summed E-state index contributed by atoms with van der Waals surface area (Å²) in [7, 11) is 0. The molecule has 4 N–H and O–H groups in total. The van der Waals surface area contributed by atoms with Gasteiger partial charge in [-0.2, -0.15) is 0 Å². The third-order valence-electron chi connectivity index (χ3n) is 6.81. The number of carbonyl (C=O) groups is 1. The van der Waals surface area contributed by atoms with Crippen LogP contribution in [0.15, 0.2) is 60.9 Å². The van der Waals surface area contributed by atoms with Gasteiger partial charge >= 0.3 is 0 Å². The summed E-state index contributed by atoms with van der Waals surface area (Å²) in [5, 5.41) is 15.7. The zero-order chi connectivity index (χ0) is 22.5. The van der Waals surface area contributed by atoms with Crippen molar-refractivity contribution in [1.82, 2.24) is 14.5 Å². The summed E-state index contributed by atoms with van der Waals surface area (Å²) < 4.78 is 10.4. The number of nitrogens with zero attached hydrogens (tertiary/aromatic N) is 2. The van der Waals surface area contributed by atoms with Crippen LogP contribution in [0.3, 0.4) is 0 Å². The smallest absolute Gasteiger partial charge is 0.254 e. The number of ether oxygens (including phenoxy) is 1. The summed E-state index contributed by atoms with van der Waals surface area (Å²) in [6.45, 7) is 2.36. The van der Waals surface area contributed by atoms with Crippen molar-refractivity contribution in [2.75, 3.05) is 13.2 Å². The van der Waals surface area contributed by atoms with Gasteiger partial charge in [-0.15, -0.1) is 0 Å². The number of hydrogen-bond donors (Lipinski definition) is 3. The molecule has 4 heterocycles. The molecule has 33 heavy (non-hydrogen) atoms. The minimum Gasteiger partial charge on any atom is -0.375 e. The number of para-hydroxylation sites is 2. The normalized spacial score (nSPS) is 21.3. The molecule has 2 aromatic heterocycles. The van der Waals surface area contributed by atoms with Crippen LogP contribution in [0.2, 0.25) is 0 Å². The van der Waals surface area contributed by atoms with Gasteiger partial charge < -0.3 is 30.0 Å². The van der Waals surface area contributed by atoms with E-state index in [0.717, 1.165) is 45.9 Å². The molecular weight excluding hydrogens is 416 g/mol. The molecule has 4 bridgehead atoms. The maximum Gasteiger partial charge on any atom is 0.254 e. The zero-order valence-corrected chi connectivity index (χ0v) is 18.2. The lowest BCUT2D eigenvalue weighted by atomic mass is 9.95. The van der Waals surface area contributed by atoms with Crippen molar-refractivity contribution in [2.45, 2.75) is 31.8 Å². The highest BCUT2D eigenvalue weighted by atomic mass is 16.5. The fourth-order valence-electron chi connectivity index (χ4n) is 5.22. The van der Waals surface area contributed by atoms with E-state index in [1.54, 1.807) is 0 Å². The van der Waals surface area contributed by atoms with Crippen molar-refractivity contribution >= 4 is 38.9 Å². The van der Waals surface area contributed by atoms with E-state index in [0.29, 0.717) is 30.8 Å². The molecule has 168 valence electrons. The van der Waals surface area contributed by atoms with Crippen LogP contribution in [0, 0.1) is 0 Å². The molecule has 2 aliphatic heterocycles. The first-order valence-electron chi connectivity index (χ1n) is 11.4. The first kappa shape index (κ1) is 20.2. The average Bonchev–Trinajstić information content (AvgIpc) is 3.46. The Labute approximate surface area is 191 Å². The SMILES string of the molecule is NCC1CCn2cc(c3ccccc32)C2=C(c3cn(c4ccccc34)CCO1)C(O)NC2=O. The number of aliphatic hydroxyl groups is 1. The van der Waals surface area contributed by atoms with Crippen molar-refractivity contribution in [1.29, 1.82) is 0 Å². The van der Waals surface area contributed by atoms with E-state index in [9.17, 15) is 9.90 Å². The van der Waals surface area contributed by atoms with Crippen molar-refractivity contribution in [3.05, 3.63) is 72.1 Å². The summed E-state index contributed by atoms with van der Waals surface area (Å²) >= 11 is 0. The molecule has 7 nitrogen and oxygen atoms in total. The van der Waals surface area contributed by atoms with Crippen LogP contribution < -0.4 is 11.1 Å². The second-order valence-corrected chi connectivity index (χ2v) is 8.69.